The highest BCUT2D eigenvalue weighted by Crippen LogP contribution is 2.33. The number of H-pyrrole nitrogens is 1. The largest absolute Gasteiger partial charge is 0.478 e. The number of carboxylic acid groups (broad SMARTS) is 2. The van der Waals surface area contributed by atoms with Crippen LogP contribution in [0.3, 0.4) is 0 Å². The Morgan fingerprint density at radius 2 is 1.92 bits per heavy atom. The molecule has 2 heterocycles. The standard InChI is InChI=1S/C13H15ClN2.C4H4O4/c1-8-7-15-6-5-9-12-10(14)3-2-4-11(12)16-13(8)9;5-3(6)1-2-4(7)8/h2-4,8,15-16H,5-7H2,1H3;1-2H,(H,5,6)(H,7,8)/b;2-1+/t8-;/m0./s1. The molecule has 0 aliphatic carbocycles. The van der Waals surface area contributed by atoms with E-state index >= 15 is 0 Å². The van der Waals surface area contributed by atoms with Gasteiger partial charge in [0.05, 0.1) is 5.02 Å². The average molecular weight is 351 g/mol. The van der Waals surface area contributed by atoms with E-state index in [2.05, 4.69) is 23.3 Å². The van der Waals surface area contributed by atoms with Gasteiger partial charge >= 0.3 is 11.9 Å². The molecule has 1 atom stereocenters. The van der Waals surface area contributed by atoms with Crippen LogP contribution in [0.5, 0.6) is 0 Å². The van der Waals surface area contributed by atoms with E-state index in [4.69, 9.17) is 21.8 Å². The van der Waals surface area contributed by atoms with Crippen molar-refractivity contribution in [1.82, 2.24) is 10.3 Å². The second kappa shape index (κ2) is 7.99. The number of hydrogen-bond acceptors (Lipinski definition) is 3. The third-order valence-corrected chi connectivity index (χ3v) is 4.09. The first-order valence-corrected chi connectivity index (χ1v) is 7.91. The molecule has 1 aliphatic rings. The Morgan fingerprint density at radius 3 is 2.54 bits per heavy atom. The third-order valence-electron chi connectivity index (χ3n) is 3.77. The summed E-state index contributed by atoms with van der Waals surface area (Å²) in [6, 6.07) is 6.08. The van der Waals surface area contributed by atoms with Gasteiger partial charge in [-0.1, -0.05) is 24.6 Å². The molecule has 4 N–H and O–H groups in total. The number of rotatable bonds is 2. The lowest BCUT2D eigenvalue weighted by atomic mass is 10.0. The Balaban J connectivity index is 0.000000224. The average Bonchev–Trinajstić information content (AvgIpc) is 2.81. The van der Waals surface area contributed by atoms with Crippen molar-refractivity contribution in [1.29, 1.82) is 0 Å². The predicted molar refractivity (Wildman–Crippen MR) is 92.7 cm³/mol. The maximum atomic E-state index is 9.55. The van der Waals surface area contributed by atoms with Gasteiger partial charge in [-0.2, -0.15) is 0 Å². The first-order chi connectivity index (χ1) is 11.4. The first kappa shape index (κ1) is 18.0. The summed E-state index contributed by atoms with van der Waals surface area (Å²) in [6.07, 6.45) is 2.17. The van der Waals surface area contributed by atoms with Crippen molar-refractivity contribution < 1.29 is 19.8 Å². The van der Waals surface area contributed by atoms with E-state index < -0.39 is 11.9 Å². The van der Waals surface area contributed by atoms with Crippen LogP contribution in [0.25, 0.3) is 10.9 Å². The van der Waals surface area contributed by atoms with Crippen LogP contribution < -0.4 is 5.32 Å². The monoisotopic (exact) mass is 350 g/mol. The summed E-state index contributed by atoms with van der Waals surface area (Å²) in [6.45, 7) is 4.33. The van der Waals surface area contributed by atoms with Gasteiger partial charge in [0.1, 0.15) is 0 Å². The quantitative estimate of drug-likeness (QED) is 0.624. The number of fused-ring (bicyclic) bond motifs is 3. The fraction of sp³-hybridized carbons (Fsp3) is 0.294. The van der Waals surface area contributed by atoms with E-state index in [1.54, 1.807) is 0 Å². The van der Waals surface area contributed by atoms with Gasteiger partial charge in [-0.15, -0.1) is 0 Å². The van der Waals surface area contributed by atoms with Gasteiger partial charge in [-0.3, -0.25) is 0 Å². The number of nitrogens with one attached hydrogen (secondary N) is 2. The second-order valence-electron chi connectivity index (χ2n) is 5.54. The fourth-order valence-electron chi connectivity index (χ4n) is 2.75. The van der Waals surface area contributed by atoms with Gasteiger partial charge in [0.2, 0.25) is 0 Å². The summed E-state index contributed by atoms with van der Waals surface area (Å²) in [7, 11) is 0. The van der Waals surface area contributed by atoms with E-state index in [1.807, 2.05) is 12.1 Å². The number of aromatic amines is 1. The van der Waals surface area contributed by atoms with Crippen molar-refractivity contribution in [2.45, 2.75) is 19.3 Å². The van der Waals surface area contributed by atoms with E-state index in [0.717, 1.165) is 24.5 Å². The molecular weight excluding hydrogens is 332 g/mol. The Kier molecular flexibility index (Phi) is 6.00. The molecule has 0 fully saturated rings. The molecule has 7 heteroatoms. The fourth-order valence-corrected chi connectivity index (χ4v) is 3.04. The first-order valence-electron chi connectivity index (χ1n) is 7.53. The zero-order valence-corrected chi connectivity index (χ0v) is 13.9. The van der Waals surface area contributed by atoms with Crippen molar-refractivity contribution in [3.63, 3.8) is 0 Å². The molecule has 0 amide bonds. The van der Waals surface area contributed by atoms with Crippen molar-refractivity contribution in [3.05, 3.63) is 46.6 Å². The summed E-state index contributed by atoms with van der Waals surface area (Å²) in [4.78, 5) is 22.6. The highest BCUT2D eigenvalue weighted by atomic mass is 35.5. The lowest BCUT2D eigenvalue weighted by molar-refractivity contribution is -0.134. The smallest absolute Gasteiger partial charge is 0.328 e. The molecule has 0 saturated heterocycles. The van der Waals surface area contributed by atoms with Crippen molar-refractivity contribution in [3.8, 4) is 0 Å². The number of hydrogen-bond donors (Lipinski definition) is 4. The highest BCUT2D eigenvalue weighted by molar-refractivity contribution is 6.35. The minimum absolute atomic E-state index is 0.529. The number of aromatic nitrogens is 1. The lowest BCUT2D eigenvalue weighted by Crippen LogP contribution is -2.18. The molecule has 1 aromatic carbocycles. The molecule has 6 nitrogen and oxygen atoms in total. The molecule has 1 aromatic heterocycles. The van der Waals surface area contributed by atoms with Crippen LogP contribution in [0, 0.1) is 0 Å². The Morgan fingerprint density at radius 1 is 1.25 bits per heavy atom. The molecule has 1 aliphatic heterocycles. The zero-order chi connectivity index (χ0) is 17.7. The molecule has 0 bridgehead atoms. The van der Waals surface area contributed by atoms with Crippen LogP contribution in [0.1, 0.15) is 24.1 Å². The number of halogens is 1. The van der Waals surface area contributed by atoms with Gasteiger partial charge in [-0.05, 0) is 30.7 Å². The van der Waals surface area contributed by atoms with E-state index in [1.165, 1.54) is 22.2 Å². The van der Waals surface area contributed by atoms with Crippen molar-refractivity contribution in [2.75, 3.05) is 13.1 Å². The summed E-state index contributed by atoms with van der Waals surface area (Å²) < 4.78 is 0. The molecule has 24 heavy (non-hydrogen) atoms. The molecule has 2 aromatic rings. The molecule has 0 saturated carbocycles. The van der Waals surface area contributed by atoms with Gasteiger partial charge < -0.3 is 20.5 Å². The molecule has 0 unspecified atom stereocenters. The lowest BCUT2D eigenvalue weighted by Gasteiger charge is -2.07. The van der Waals surface area contributed by atoms with E-state index in [9.17, 15) is 9.59 Å². The second-order valence-corrected chi connectivity index (χ2v) is 5.95. The number of aliphatic carboxylic acids is 2. The number of benzene rings is 1. The molecule has 3 rings (SSSR count). The Hall–Kier alpha value is -2.31. The molecule has 128 valence electrons. The van der Waals surface area contributed by atoms with Gasteiger partial charge in [0.15, 0.2) is 0 Å². The minimum atomic E-state index is -1.26. The topological polar surface area (TPSA) is 102 Å². The Labute approximate surface area is 144 Å². The number of carboxylic acids is 2. The van der Waals surface area contributed by atoms with Gasteiger partial charge in [0.25, 0.3) is 0 Å². The van der Waals surface area contributed by atoms with Crippen LogP contribution in [0.4, 0.5) is 0 Å². The van der Waals surface area contributed by atoms with E-state index in [-0.39, 0.29) is 0 Å². The SMILES string of the molecule is C[C@H]1CNCCc2c1[nH]c1cccc(Cl)c21.O=C(O)/C=C/C(=O)O. The summed E-state index contributed by atoms with van der Waals surface area (Å²) >= 11 is 6.30. The van der Waals surface area contributed by atoms with Crippen molar-refractivity contribution in [2.24, 2.45) is 0 Å². The van der Waals surface area contributed by atoms with Crippen LogP contribution in [-0.4, -0.2) is 40.2 Å². The van der Waals surface area contributed by atoms with Gasteiger partial charge in [0, 0.05) is 41.2 Å². The predicted octanol–water partition coefficient (Wildman–Crippen LogP) is 2.78. The maximum Gasteiger partial charge on any atom is 0.328 e. The summed E-state index contributed by atoms with van der Waals surface area (Å²) in [5, 5.41) is 21.2. The third kappa shape index (κ3) is 4.37. The summed E-state index contributed by atoms with van der Waals surface area (Å²) in [5.74, 6) is -1.99. The molecule has 0 spiro atoms. The minimum Gasteiger partial charge on any atom is -0.478 e. The molecule has 0 radical (unpaired) electrons. The van der Waals surface area contributed by atoms with Crippen LogP contribution in [-0.2, 0) is 16.0 Å². The zero-order valence-electron chi connectivity index (χ0n) is 13.2. The van der Waals surface area contributed by atoms with Crippen LogP contribution in [0.2, 0.25) is 5.02 Å². The molecular formula is C17H19ClN2O4. The normalized spacial score (nSPS) is 17.0. The van der Waals surface area contributed by atoms with Gasteiger partial charge in [-0.25, -0.2) is 9.59 Å². The van der Waals surface area contributed by atoms with Crippen LogP contribution >= 0.6 is 11.6 Å². The maximum absolute atomic E-state index is 9.55. The van der Waals surface area contributed by atoms with Crippen molar-refractivity contribution >= 4 is 34.4 Å². The summed E-state index contributed by atoms with van der Waals surface area (Å²) in [5.41, 5.74) is 3.93. The van der Waals surface area contributed by atoms with Crippen LogP contribution in [0.15, 0.2) is 30.4 Å². The Bertz CT molecular complexity index is 766. The van der Waals surface area contributed by atoms with E-state index in [0.29, 0.717) is 18.1 Å². The number of carbonyl (C=O) groups is 2. The highest BCUT2D eigenvalue weighted by Gasteiger charge is 2.20.